The Kier molecular flexibility index (Phi) is 5.94. The minimum absolute atomic E-state index is 0.0884. The maximum absolute atomic E-state index is 11.6. The van der Waals surface area contributed by atoms with Crippen molar-refractivity contribution in [1.29, 1.82) is 0 Å². The molecule has 1 aromatic rings. The Morgan fingerprint density at radius 1 is 1.42 bits per heavy atom. The number of rotatable bonds is 7. The Balaban J connectivity index is 2.22. The number of anilines is 1. The quantitative estimate of drug-likeness (QED) is 0.707. The van der Waals surface area contributed by atoms with Gasteiger partial charge in [-0.05, 0) is 20.0 Å². The smallest absolute Gasteiger partial charge is 0.322 e. The maximum atomic E-state index is 11.6. The van der Waals surface area contributed by atoms with Gasteiger partial charge in [0, 0.05) is 13.3 Å². The molecule has 1 amide bonds. The third-order valence-electron chi connectivity index (χ3n) is 2.33. The minimum Gasteiger partial charge on any atom is -0.469 e. The zero-order valence-corrected chi connectivity index (χ0v) is 11.3. The van der Waals surface area contributed by atoms with Gasteiger partial charge in [0.1, 0.15) is 0 Å². The molecule has 0 unspecified atom stereocenters. The summed E-state index contributed by atoms with van der Waals surface area (Å²) in [4.78, 5) is 24.3. The van der Waals surface area contributed by atoms with Gasteiger partial charge in [0.05, 0.1) is 13.7 Å². The molecule has 1 rings (SSSR count). The molecule has 1 aromatic heterocycles. The first-order valence-corrected chi connectivity index (χ1v) is 5.86. The molecule has 0 aliphatic heterocycles. The average Bonchev–Trinajstić information content (AvgIpc) is 2.74. The van der Waals surface area contributed by atoms with E-state index in [4.69, 9.17) is 4.42 Å². The van der Waals surface area contributed by atoms with Crippen molar-refractivity contribution < 1.29 is 18.7 Å². The molecule has 1 heterocycles. The number of carbonyl (C=O) groups is 2. The highest BCUT2D eigenvalue weighted by Gasteiger charge is 2.10. The first-order valence-electron chi connectivity index (χ1n) is 5.86. The second-order valence-electron chi connectivity index (χ2n) is 4.09. The largest absolute Gasteiger partial charge is 0.469 e. The Morgan fingerprint density at radius 3 is 2.74 bits per heavy atom. The van der Waals surface area contributed by atoms with Crippen molar-refractivity contribution in [3.8, 4) is 0 Å². The van der Waals surface area contributed by atoms with Gasteiger partial charge in [0.2, 0.25) is 11.8 Å². The second kappa shape index (κ2) is 7.47. The van der Waals surface area contributed by atoms with E-state index in [2.05, 4.69) is 20.3 Å². The Hall–Kier alpha value is -1.96. The zero-order chi connectivity index (χ0) is 14.3. The van der Waals surface area contributed by atoms with Crippen molar-refractivity contribution in [2.45, 2.75) is 19.8 Å². The van der Waals surface area contributed by atoms with E-state index in [1.165, 1.54) is 7.11 Å². The molecule has 0 aliphatic rings. The van der Waals surface area contributed by atoms with Gasteiger partial charge in [0.15, 0.2) is 0 Å². The molecule has 8 nitrogen and oxygen atoms in total. The molecule has 0 atom stereocenters. The monoisotopic (exact) mass is 270 g/mol. The standard InChI is InChI=1S/C11H18N4O4/c1-8-13-14-11(19-8)12-9(16)7-15(2)6-4-5-10(17)18-3/h4-7H2,1-3H3,(H,12,14,16). The van der Waals surface area contributed by atoms with Crippen LogP contribution >= 0.6 is 0 Å². The number of nitrogens with zero attached hydrogens (tertiary/aromatic N) is 3. The summed E-state index contributed by atoms with van der Waals surface area (Å²) in [7, 11) is 3.14. The van der Waals surface area contributed by atoms with Gasteiger partial charge in [-0.3, -0.25) is 19.8 Å². The van der Waals surface area contributed by atoms with Gasteiger partial charge < -0.3 is 9.15 Å². The first kappa shape index (κ1) is 15.1. The van der Waals surface area contributed by atoms with Crippen LogP contribution in [0.5, 0.6) is 0 Å². The fourth-order valence-electron chi connectivity index (χ4n) is 1.43. The van der Waals surface area contributed by atoms with Crippen LogP contribution in [0.4, 0.5) is 6.01 Å². The molecule has 1 N–H and O–H groups in total. The normalized spacial score (nSPS) is 10.5. The summed E-state index contributed by atoms with van der Waals surface area (Å²) in [5.74, 6) is -0.106. The number of carbonyl (C=O) groups excluding carboxylic acids is 2. The molecule has 0 saturated carbocycles. The van der Waals surface area contributed by atoms with Crippen molar-refractivity contribution in [3.63, 3.8) is 0 Å². The SMILES string of the molecule is COC(=O)CCCN(C)CC(=O)Nc1nnc(C)o1. The number of amides is 1. The van der Waals surface area contributed by atoms with Crippen molar-refractivity contribution in [1.82, 2.24) is 15.1 Å². The maximum Gasteiger partial charge on any atom is 0.322 e. The number of nitrogens with one attached hydrogen (secondary N) is 1. The summed E-state index contributed by atoms with van der Waals surface area (Å²) < 4.78 is 9.56. The Bertz CT molecular complexity index is 432. The molecule has 0 fully saturated rings. The third kappa shape index (κ3) is 5.96. The molecule has 19 heavy (non-hydrogen) atoms. The molecule has 0 spiro atoms. The lowest BCUT2D eigenvalue weighted by molar-refractivity contribution is -0.140. The second-order valence-corrected chi connectivity index (χ2v) is 4.09. The third-order valence-corrected chi connectivity index (χ3v) is 2.33. The van der Waals surface area contributed by atoms with E-state index in [9.17, 15) is 9.59 Å². The predicted octanol–water partition coefficient (Wildman–Crippen LogP) is 0.202. The molecule has 0 radical (unpaired) electrons. The van der Waals surface area contributed by atoms with Gasteiger partial charge in [-0.1, -0.05) is 5.10 Å². The van der Waals surface area contributed by atoms with E-state index >= 15 is 0 Å². The highest BCUT2D eigenvalue weighted by Crippen LogP contribution is 2.03. The summed E-state index contributed by atoms with van der Waals surface area (Å²) >= 11 is 0. The van der Waals surface area contributed by atoms with Crippen LogP contribution in [0.25, 0.3) is 0 Å². The van der Waals surface area contributed by atoms with Crippen LogP contribution in [-0.2, 0) is 14.3 Å². The van der Waals surface area contributed by atoms with E-state index in [-0.39, 0.29) is 24.4 Å². The van der Waals surface area contributed by atoms with Crippen LogP contribution < -0.4 is 5.32 Å². The van der Waals surface area contributed by atoms with E-state index in [0.29, 0.717) is 25.3 Å². The number of esters is 1. The van der Waals surface area contributed by atoms with Gasteiger partial charge in [-0.15, -0.1) is 5.10 Å². The van der Waals surface area contributed by atoms with Gasteiger partial charge in [-0.25, -0.2) is 0 Å². The topological polar surface area (TPSA) is 97.6 Å². The van der Waals surface area contributed by atoms with Crippen molar-refractivity contribution >= 4 is 17.9 Å². The van der Waals surface area contributed by atoms with Crippen LogP contribution in [0.3, 0.4) is 0 Å². The molecular weight excluding hydrogens is 252 g/mol. The number of methoxy groups -OCH3 is 1. The summed E-state index contributed by atoms with van der Waals surface area (Å²) in [6, 6.07) is 0.0884. The first-order chi connectivity index (χ1) is 9.01. The van der Waals surface area contributed by atoms with E-state index < -0.39 is 0 Å². The number of hydrogen-bond acceptors (Lipinski definition) is 7. The Labute approximate surface area is 111 Å². The summed E-state index contributed by atoms with van der Waals surface area (Å²) in [6.45, 7) is 2.44. The highest BCUT2D eigenvalue weighted by molar-refractivity contribution is 5.90. The van der Waals surface area contributed by atoms with Gasteiger partial charge in [-0.2, -0.15) is 0 Å². The van der Waals surface area contributed by atoms with Crippen LogP contribution in [0.1, 0.15) is 18.7 Å². The summed E-state index contributed by atoms with van der Waals surface area (Å²) in [5, 5.41) is 9.75. The summed E-state index contributed by atoms with van der Waals surface area (Å²) in [6.07, 6.45) is 0.974. The predicted molar refractivity (Wildman–Crippen MR) is 66.4 cm³/mol. The van der Waals surface area contributed by atoms with Crippen LogP contribution in [0, 0.1) is 6.92 Å². The van der Waals surface area contributed by atoms with Crippen LogP contribution in [0.2, 0.25) is 0 Å². The van der Waals surface area contributed by atoms with Crippen molar-refractivity contribution in [3.05, 3.63) is 5.89 Å². The Morgan fingerprint density at radius 2 is 2.16 bits per heavy atom. The molecule has 0 bridgehead atoms. The average molecular weight is 270 g/mol. The molecule has 0 aromatic carbocycles. The summed E-state index contributed by atoms with van der Waals surface area (Å²) in [5.41, 5.74) is 0. The molecular formula is C11H18N4O4. The van der Waals surface area contributed by atoms with Crippen molar-refractivity contribution in [2.24, 2.45) is 0 Å². The minimum atomic E-state index is -0.251. The molecule has 106 valence electrons. The molecule has 8 heteroatoms. The lowest BCUT2D eigenvalue weighted by Gasteiger charge is -2.14. The number of hydrogen-bond donors (Lipinski definition) is 1. The fraction of sp³-hybridized carbons (Fsp3) is 0.636. The fourth-order valence-corrected chi connectivity index (χ4v) is 1.43. The van der Waals surface area contributed by atoms with E-state index in [1.807, 2.05) is 0 Å². The lowest BCUT2D eigenvalue weighted by Crippen LogP contribution is -2.31. The molecule has 0 saturated heterocycles. The lowest BCUT2D eigenvalue weighted by atomic mass is 10.3. The highest BCUT2D eigenvalue weighted by atomic mass is 16.5. The zero-order valence-electron chi connectivity index (χ0n) is 11.3. The van der Waals surface area contributed by atoms with Crippen LogP contribution in [0.15, 0.2) is 4.42 Å². The molecule has 0 aliphatic carbocycles. The van der Waals surface area contributed by atoms with Crippen molar-refractivity contribution in [2.75, 3.05) is 32.6 Å². The van der Waals surface area contributed by atoms with Gasteiger partial charge >= 0.3 is 12.0 Å². The number of aromatic nitrogens is 2. The number of aryl methyl sites for hydroxylation is 1. The van der Waals surface area contributed by atoms with E-state index in [0.717, 1.165) is 0 Å². The van der Waals surface area contributed by atoms with Gasteiger partial charge in [0.25, 0.3) is 0 Å². The van der Waals surface area contributed by atoms with E-state index in [1.54, 1.807) is 18.9 Å². The number of ether oxygens (including phenoxy) is 1. The van der Waals surface area contributed by atoms with Crippen LogP contribution in [-0.4, -0.2) is 54.2 Å². The number of likely N-dealkylation sites (N-methyl/N-ethyl adjacent to an activating group) is 1.